The Morgan fingerprint density at radius 3 is 2.13 bits per heavy atom. The van der Waals surface area contributed by atoms with Crippen LogP contribution in [-0.2, 0) is 44.4 Å². The topological polar surface area (TPSA) is 201 Å². The second-order valence-electron chi connectivity index (χ2n) is 13.6. The Hall–Kier alpha value is -3.97. The zero-order chi connectivity index (χ0) is 40.4. The van der Waals surface area contributed by atoms with Crippen LogP contribution >= 0.6 is 0 Å². The zero-order valence-electron chi connectivity index (χ0n) is 31.2. The normalized spacial score (nSPS) is 18.3. The van der Waals surface area contributed by atoms with Crippen LogP contribution in [0.5, 0.6) is 0 Å². The molecule has 1 fully saturated rings. The van der Waals surface area contributed by atoms with E-state index in [-0.39, 0.29) is 35.4 Å². The van der Waals surface area contributed by atoms with E-state index in [0.29, 0.717) is 25.8 Å². The van der Waals surface area contributed by atoms with E-state index >= 15 is 0 Å². The number of nitrogens with zero attached hydrogens (tertiary/aromatic N) is 2. The van der Waals surface area contributed by atoms with Crippen LogP contribution in [0.3, 0.4) is 0 Å². The number of amides is 5. The van der Waals surface area contributed by atoms with Crippen molar-refractivity contribution < 1.29 is 60.1 Å². The molecule has 0 radical (unpaired) electrons. The van der Waals surface area contributed by atoms with E-state index < -0.39 is 82.0 Å². The Bertz CT molecular complexity index is 1540. The molecule has 0 saturated carbocycles. The van der Waals surface area contributed by atoms with Crippen molar-refractivity contribution in [1.82, 2.24) is 19.8 Å². The minimum Gasteiger partial charge on any atom is -0.465 e. The first-order chi connectivity index (χ1) is 24.6. The summed E-state index contributed by atoms with van der Waals surface area (Å²) in [7, 11) is 0.0242. The monoisotopic (exact) mass is 779 g/mol. The molecule has 0 bridgehead atoms. The van der Waals surface area contributed by atoms with Gasteiger partial charge in [0.2, 0.25) is 27.7 Å². The van der Waals surface area contributed by atoms with Gasteiger partial charge in [-0.15, -0.1) is 0 Å². The third-order valence-corrected chi connectivity index (χ3v) is 10.8. The SMILES string of the molecule is CC[C@H](C)[C@@H]([C@H](CC(=O)N1CCC[C@H]1[C@H](OC)[C@@H](C)C(=O)NS(=O)(=O)Cc1ccc(NC(=O)C(F)(F)F)cc1)OC)N(C)C(=O)[C@@H](NC(=O)O)C(C)C. The molecular weight excluding hydrogens is 727 g/mol. The lowest BCUT2D eigenvalue weighted by molar-refractivity contribution is -0.167. The lowest BCUT2D eigenvalue weighted by Gasteiger charge is -2.40. The maximum atomic E-state index is 13.9. The second kappa shape index (κ2) is 19.4. The van der Waals surface area contributed by atoms with Crippen molar-refractivity contribution in [3.63, 3.8) is 0 Å². The molecule has 19 heteroatoms. The molecule has 1 aromatic rings. The molecule has 1 aromatic carbocycles. The highest BCUT2D eigenvalue weighted by Gasteiger charge is 2.43. The number of benzene rings is 1. The highest BCUT2D eigenvalue weighted by Crippen LogP contribution is 2.30. The Morgan fingerprint density at radius 2 is 1.64 bits per heavy atom. The quantitative estimate of drug-likeness (QED) is 0.171. The van der Waals surface area contributed by atoms with Gasteiger partial charge >= 0.3 is 18.2 Å². The van der Waals surface area contributed by atoms with Gasteiger partial charge in [0.1, 0.15) is 6.04 Å². The summed E-state index contributed by atoms with van der Waals surface area (Å²) in [4.78, 5) is 66.3. The van der Waals surface area contributed by atoms with Gasteiger partial charge in [0.25, 0.3) is 0 Å². The van der Waals surface area contributed by atoms with Gasteiger partial charge in [-0.25, -0.2) is 13.2 Å². The van der Waals surface area contributed by atoms with Crippen molar-refractivity contribution in [2.45, 2.75) is 103 Å². The van der Waals surface area contributed by atoms with Crippen molar-refractivity contribution in [3.8, 4) is 0 Å². The van der Waals surface area contributed by atoms with Crippen LogP contribution in [0.1, 0.15) is 65.9 Å². The predicted molar refractivity (Wildman–Crippen MR) is 188 cm³/mol. The van der Waals surface area contributed by atoms with E-state index in [1.807, 2.05) is 18.6 Å². The summed E-state index contributed by atoms with van der Waals surface area (Å²) in [5.74, 6) is -6.15. The molecule has 7 atom stereocenters. The van der Waals surface area contributed by atoms with Crippen LogP contribution in [0.25, 0.3) is 0 Å². The van der Waals surface area contributed by atoms with Gasteiger partial charge in [0.15, 0.2) is 0 Å². The highest BCUT2D eigenvalue weighted by atomic mass is 32.2. The number of ether oxygens (including phenoxy) is 2. The number of nitrogens with one attached hydrogen (secondary N) is 3. The molecule has 300 valence electrons. The Labute approximate surface area is 308 Å². The fourth-order valence-corrected chi connectivity index (χ4v) is 7.76. The van der Waals surface area contributed by atoms with Gasteiger partial charge in [-0.1, -0.05) is 53.2 Å². The number of likely N-dealkylation sites (tertiary alicyclic amines) is 1. The number of carbonyl (C=O) groups is 5. The molecule has 1 saturated heterocycles. The molecule has 4 N–H and O–H groups in total. The number of rotatable bonds is 18. The molecule has 53 heavy (non-hydrogen) atoms. The summed E-state index contributed by atoms with van der Waals surface area (Å²) in [6.07, 6.45) is -6.65. The fraction of sp³-hybridized carbons (Fsp3) is 0.676. The average molecular weight is 780 g/mol. The fourth-order valence-electron chi connectivity index (χ4n) is 6.56. The van der Waals surface area contributed by atoms with Crippen LogP contribution in [0.15, 0.2) is 24.3 Å². The summed E-state index contributed by atoms with van der Waals surface area (Å²) in [6.45, 7) is 9.05. The van der Waals surface area contributed by atoms with E-state index in [9.17, 15) is 50.7 Å². The third kappa shape index (κ3) is 12.6. The van der Waals surface area contributed by atoms with Gasteiger partial charge in [-0.3, -0.25) is 23.9 Å². The number of hydrogen-bond acceptors (Lipinski definition) is 9. The van der Waals surface area contributed by atoms with E-state index in [1.54, 1.807) is 31.1 Å². The summed E-state index contributed by atoms with van der Waals surface area (Å²) in [6, 6.07) is 2.34. The summed E-state index contributed by atoms with van der Waals surface area (Å²) < 4.78 is 76.9. The number of carboxylic acid groups (broad SMARTS) is 1. The molecular formula is C34H52F3N5O10S. The molecule has 1 heterocycles. The molecule has 2 rings (SSSR count). The molecule has 0 spiro atoms. The van der Waals surface area contributed by atoms with Gasteiger partial charge < -0.3 is 35.0 Å². The first-order valence-corrected chi connectivity index (χ1v) is 18.9. The van der Waals surface area contributed by atoms with Crippen LogP contribution in [0, 0.1) is 17.8 Å². The zero-order valence-corrected chi connectivity index (χ0v) is 32.0. The van der Waals surface area contributed by atoms with Crippen LogP contribution in [-0.4, -0.2) is 117 Å². The van der Waals surface area contributed by atoms with Crippen molar-refractivity contribution in [1.29, 1.82) is 0 Å². The lowest BCUT2D eigenvalue weighted by Crippen LogP contribution is -2.57. The van der Waals surface area contributed by atoms with Gasteiger partial charge in [-0.05, 0) is 42.4 Å². The maximum Gasteiger partial charge on any atom is 0.471 e. The number of likely N-dealkylation sites (N-methyl/N-ethyl adjacent to an activating group) is 1. The number of halogens is 3. The lowest BCUT2D eigenvalue weighted by atomic mass is 9.89. The number of carbonyl (C=O) groups excluding carboxylic acids is 4. The van der Waals surface area contributed by atoms with Gasteiger partial charge in [0, 0.05) is 33.5 Å². The Balaban J connectivity index is 2.19. The first kappa shape index (κ1) is 45.2. The van der Waals surface area contributed by atoms with Crippen molar-refractivity contribution in [2.24, 2.45) is 17.8 Å². The van der Waals surface area contributed by atoms with Crippen molar-refractivity contribution in [3.05, 3.63) is 29.8 Å². The summed E-state index contributed by atoms with van der Waals surface area (Å²) in [5, 5.41) is 13.3. The van der Waals surface area contributed by atoms with Crippen LogP contribution in [0.4, 0.5) is 23.7 Å². The van der Waals surface area contributed by atoms with Crippen LogP contribution in [0.2, 0.25) is 0 Å². The predicted octanol–water partition coefficient (Wildman–Crippen LogP) is 3.35. The van der Waals surface area contributed by atoms with E-state index in [0.717, 1.165) is 12.1 Å². The number of sulfonamides is 1. The molecule has 1 aliphatic rings. The number of anilines is 1. The van der Waals surface area contributed by atoms with E-state index in [4.69, 9.17) is 9.47 Å². The van der Waals surface area contributed by atoms with Gasteiger partial charge in [0.05, 0.1) is 42.4 Å². The standard InChI is InChI=1S/C34H52F3N5O10S/c1-9-20(4)28(41(6)31(45)27(19(2)3)39-33(47)48)25(51-7)17-26(43)42-16-10-11-24(42)29(52-8)21(5)30(44)40-53(49,50)18-22-12-14-23(15-13-22)38-32(46)34(35,36)37/h12-15,19-21,24-25,27-29,39H,9-11,16-18H2,1-8H3,(H,38,46)(H,40,44)(H,47,48)/t20-,21+,24-,25-,27-,28-,29+/m0/s1. The molecule has 15 nitrogen and oxygen atoms in total. The minimum atomic E-state index is -5.10. The Morgan fingerprint density at radius 1 is 1.04 bits per heavy atom. The molecule has 0 aromatic heterocycles. The molecule has 1 aliphatic heterocycles. The van der Waals surface area contributed by atoms with Crippen molar-refractivity contribution >= 4 is 45.4 Å². The first-order valence-electron chi connectivity index (χ1n) is 17.2. The van der Waals surface area contributed by atoms with E-state index in [2.05, 4.69) is 5.32 Å². The summed E-state index contributed by atoms with van der Waals surface area (Å²) >= 11 is 0. The Kier molecular flexibility index (Phi) is 16.5. The van der Waals surface area contributed by atoms with E-state index in [1.165, 1.54) is 38.2 Å². The number of methoxy groups -OCH3 is 2. The highest BCUT2D eigenvalue weighted by molar-refractivity contribution is 7.89. The molecule has 0 aliphatic carbocycles. The smallest absolute Gasteiger partial charge is 0.465 e. The molecule has 5 amide bonds. The van der Waals surface area contributed by atoms with Crippen LogP contribution < -0.4 is 15.4 Å². The maximum absolute atomic E-state index is 13.9. The molecule has 0 unspecified atom stereocenters. The number of hydrogen-bond donors (Lipinski definition) is 4. The summed E-state index contributed by atoms with van der Waals surface area (Å²) in [5.41, 5.74) is -0.0716. The minimum absolute atomic E-state index is 0.132. The second-order valence-corrected chi connectivity index (χ2v) is 15.4. The number of alkyl halides is 3. The largest absolute Gasteiger partial charge is 0.471 e. The third-order valence-electron chi connectivity index (χ3n) is 9.55. The average Bonchev–Trinajstić information content (AvgIpc) is 3.56. The van der Waals surface area contributed by atoms with Crippen molar-refractivity contribution in [2.75, 3.05) is 33.1 Å². The van der Waals surface area contributed by atoms with Gasteiger partial charge in [-0.2, -0.15) is 13.2 Å².